The van der Waals surface area contributed by atoms with Gasteiger partial charge in [0.15, 0.2) is 0 Å². The van der Waals surface area contributed by atoms with Crippen LogP contribution in [0.2, 0.25) is 0 Å². The Labute approximate surface area is 222 Å². The maximum absolute atomic E-state index is 13.5. The number of rotatable bonds is 9. The first-order valence-electron chi connectivity index (χ1n) is 13.3. The van der Waals surface area contributed by atoms with Crippen LogP contribution in [0.5, 0.6) is 11.5 Å². The van der Waals surface area contributed by atoms with Crippen LogP contribution < -0.4 is 20.1 Å². The van der Waals surface area contributed by atoms with Crippen LogP contribution in [-0.2, 0) is 9.59 Å². The van der Waals surface area contributed by atoms with E-state index in [9.17, 15) is 24.8 Å². The van der Waals surface area contributed by atoms with E-state index in [2.05, 4.69) is 35.8 Å². The van der Waals surface area contributed by atoms with Crippen molar-refractivity contribution in [3.63, 3.8) is 0 Å². The summed E-state index contributed by atoms with van der Waals surface area (Å²) in [6.45, 7) is 4.51. The molecule has 3 saturated carbocycles. The number of hydrogen-bond donors (Lipinski definition) is 3. The van der Waals surface area contributed by atoms with Crippen LogP contribution in [0.1, 0.15) is 68.3 Å². The lowest BCUT2D eigenvalue weighted by Gasteiger charge is -2.41. The Morgan fingerprint density at radius 1 is 1.13 bits per heavy atom. The van der Waals surface area contributed by atoms with E-state index in [-0.39, 0.29) is 63.8 Å². The van der Waals surface area contributed by atoms with Gasteiger partial charge in [-0.25, -0.2) is 0 Å². The molecule has 4 aliphatic carbocycles. The summed E-state index contributed by atoms with van der Waals surface area (Å²) in [5.74, 6) is -1.06. The Morgan fingerprint density at radius 2 is 1.84 bits per heavy atom. The predicted octanol–water partition coefficient (Wildman–Crippen LogP) is 3.43. The molecule has 38 heavy (non-hydrogen) atoms. The molecule has 0 spiro atoms. The third-order valence-electron chi connectivity index (χ3n) is 9.14. The molecule has 202 valence electrons. The van der Waals surface area contributed by atoms with Gasteiger partial charge in [-0.1, -0.05) is 25.5 Å². The topological polar surface area (TPSA) is 138 Å². The number of benzene rings is 1. The van der Waals surface area contributed by atoms with Gasteiger partial charge in [0.2, 0.25) is 5.91 Å². The summed E-state index contributed by atoms with van der Waals surface area (Å²) < 4.78 is 11.4. The van der Waals surface area contributed by atoms with Gasteiger partial charge >= 0.3 is 5.97 Å². The molecule has 1 aromatic rings. The second kappa shape index (κ2) is 9.64. The number of nitriles is 1. The SMILES string of the molecule is COc1cc(C#N)c(OC2CC(C)(C(=O)O)C2)cc1C(=O)N[C@H]1[C@@H](C(=O)NCC2(C)CCC2)[C@@H]2C=C[C@H]1C2. The number of amides is 2. The minimum Gasteiger partial charge on any atom is -0.496 e. The van der Waals surface area contributed by atoms with Gasteiger partial charge in [0.25, 0.3) is 5.91 Å². The highest BCUT2D eigenvalue weighted by Crippen LogP contribution is 2.46. The van der Waals surface area contributed by atoms with E-state index in [1.54, 1.807) is 6.92 Å². The van der Waals surface area contributed by atoms with Crippen molar-refractivity contribution in [1.29, 1.82) is 5.26 Å². The molecular weight excluding hydrogens is 486 g/mol. The highest BCUT2D eigenvalue weighted by molar-refractivity contribution is 5.98. The number of fused-ring (bicyclic) bond motifs is 2. The first-order valence-corrected chi connectivity index (χ1v) is 13.3. The molecule has 3 fully saturated rings. The molecule has 3 N–H and O–H groups in total. The third-order valence-corrected chi connectivity index (χ3v) is 9.14. The second-order valence-electron chi connectivity index (χ2n) is 12.0. The number of carbonyl (C=O) groups is 3. The van der Waals surface area contributed by atoms with Gasteiger partial charge in [-0.05, 0) is 49.5 Å². The highest BCUT2D eigenvalue weighted by Gasteiger charge is 2.50. The van der Waals surface area contributed by atoms with Crippen molar-refractivity contribution >= 4 is 17.8 Å². The Hall–Kier alpha value is -3.54. The number of nitrogens with one attached hydrogen (secondary N) is 2. The molecule has 9 heteroatoms. The number of ether oxygens (including phenoxy) is 2. The number of aliphatic carboxylic acids is 1. The lowest BCUT2D eigenvalue weighted by Crippen LogP contribution is -2.50. The molecule has 1 aromatic carbocycles. The molecule has 9 nitrogen and oxygen atoms in total. The Bertz CT molecular complexity index is 1220. The Kier molecular flexibility index (Phi) is 6.62. The van der Waals surface area contributed by atoms with E-state index in [1.807, 2.05) is 0 Å². The van der Waals surface area contributed by atoms with E-state index in [0.29, 0.717) is 19.4 Å². The number of nitrogens with zero attached hydrogens (tertiary/aromatic N) is 1. The molecule has 0 aromatic heterocycles. The fourth-order valence-corrected chi connectivity index (χ4v) is 6.45. The molecule has 2 amide bonds. The monoisotopic (exact) mass is 521 g/mol. The first kappa shape index (κ1) is 26.1. The maximum Gasteiger partial charge on any atom is 0.309 e. The van der Waals surface area contributed by atoms with E-state index in [0.717, 1.165) is 19.3 Å². The largest absolute Gasteiger partial charge is 0.496 e. The van der Waals surface area contributed by atoms with Crippen molar-refractivity contribution in [2.75, 3.05) is 13.7 Å². The molecule has 4 atom stereocenters. The Balaban J connectivity index is 1.32. The number of allylic oxidation sites excluding steroid dienone is 1. The van der Waals surface area contributed by atoms with E-state index >= 15 is 0 Å². The molecule has 4 aliphatic rings. The fourth-order valence-electron chi connectivity index (χ4n) is 6.45. The van der Waals surface area contributed by atoms with Gasteiger partial charge in [-0.15, -0.1) is 0 Å². The van der Waals surface area contributed by atoms with Crippen LogP contribution in [0.25, 0.3) is 0 Å². The zero-order valence-corrected chi connectivity index (χ0v) is 22.1. The first-order chi connectivity index (χ1) is 18.1. The van der Waals surface area contributed by atoms with Crippen LogP contribution in [0, 0.1) is 39.9 Å². The molecule has 0 aliphatic heterocycles. The summed E-state index contributed by atoms with van der Waals surface area (Å²) in [5, 5.41) is 25.3. The summed E-state index contributed by atoms with van der Waals surface area (Å²) in [5.41, 5.74) is -0.289. The second-order valence-corrected chi connectivity index (χ2v) is 12.0. The van der Waals surface area contributed by atoms with Crippen molar-refractivity contribution in [3.05, 3.63) is 35.4 Å². The summed E-state index contributed by atoms with van der Waals surface area (Å²) >= 11 is 0. The predicted molar refractivity (Wildman–Crippen MR) is 138 cm³/mol. The molecular formula is C29H35N3O6. The van der Waals surface area contributed by atoms with Gasteiger partial charge in [0, 0.05) is 31.5 Å². The van der Waals surface area contributed by atoms with Crippen molar-refractivity contribution in [1.82, 2.24) is 10.6 Å². The summed E-state index contributed by atoms with van der Waals surface area (Å²) in [7, 11) is 1.43. The van der Waals surface area contributed by atoms with Gasteiger partial charge in [-0.2, -0.15) is 5.26 Å². The number of methoxy groups -OCH3 is 1. The zero-order chi connectivity index (χ0) is 27.2. The smallest absolute Gasteiger partial charge is 0.309 e. The number of carboxylic acids is 1. The normalized spacial score (nSPS) is 31.9. The van der Waals surface area contributed by atoms with E-state index in [1.165, 1.54) is 25.7 Å². The lowest BCUT2D eigenvalue weighted by atomic mass is 9.68. The van der Waals surface area contributed by atoms with Crippen molar-refractivity contribution < 1.29 is 29.0 Å². The van der Waals surface area contributed by atoms with Crippen molar-refractivity contribution in [2.24, 2.45) is 28.6 Å². The molecule has 5 rings (SSSR count). The Morgan fingerprint density at radius 3 is 2.45 bits per heavy atom. The van der Waals surface area contributed by atoms with Crippen LogP contribution in [0.4, 0.5) is 0 Å². The fraction of sp³-hybridized carbons (Fsp3) is 0.586. The standard InChI is InChI=1S/C29H35N3O6/c1-28(7-4-8-28)15-31-26(34)23-16-5-6-17(9-16)24(23)32-25(33)20-11-21(18(14-30)10-22(20)37-3)38-19-12-29(2,13-19)27(35)36/h5-6,10-11,16-17,19,23-24H,4,7-9,12-13,15H2,1-3H3,(H,31,34)(H,32,33)(H,35,36)/t16-,17+,19?,23+,24-,29?/m1/s1. The molecule has 2 bridgehead atoms. The minimum absolute atomic E-state index is 0.0254. The average molecular weight is 522 g/mol. The molecule has 0 saturated heterocycles. The third kappa shape index (κ3) is 4.61. The average Bonchev–Trinajstić information content (AvgIpc) is 3.46. The van der Waals surface area contributed by atoms with Crippen LogP contribution >= 0.6 is 0 Å². The van der Waals surface area contributed by atoms with Crippen LogP contribution in [0.3, 0.4) is 0 Å². The van der Waals surface area contributed by atoms with Crippen molar-refractivity contribution in [3.8, 4) is 17.6 Å². The maximum atomic E-state index is 13.5. The number of carboxylic acid groups (broad SMARTS) is 1. The molecule has 0 radical (unpaired) electrons. The number of hydrogen-bond acceptors (Lipinski definition) is 6. The zero-order valence-electron chi connectivity index (χ0n) is 22.1. The lowest BCUT2D eigenvalue weighted by molar-refractivity contribution is -0.159. The number of carbonyl (C=O) groups excluding carboxylic acids is 2. The van der Waals surface area contributed by atoms with Crippen LogP contribution in [-0.4, -0.2) is 48.7 Å². The quantitative estimate of drug-likeness (QED) is 0.423. The molecule has 0 unspecified atom stereocenters. The summed E-state index contributed by atoms with van der Waals surface area (Å²) in [6.07, 6.45) is 8.67. The van der Waals surface area contributed by atoms with Gasteiger partial charge < -0.3 is 25.2 Å². The van der Waals surface area contributed by atoms with Crippen LogP contribution in [0.15, 0.2) is 24.3 Å². The van der Waals surface area contributed by atoms with Gasteiger partial charge in [0.05, 0.1) is 29.6 Å². The van der Waals surface area contributed by atoms with Crippen molar-refractivity contribution in [2.45, 2.75) is 64.5 Å². The minimum atomic E-state index is -0.882. The molecule has 0 heterocycles. The van der Waals surface area contributed by atoms with Gasteiger partial charge in [0.1, 0.15) is 23.7 Å². The van der Waals surface area contributed by atoms with Gasteiger partial charge in [-0.3, -0.25) is 14.4 Å². The summed E-state index contributed by atoms with van der Waals surface area (Å²) in [4.78, 5) is 38.2. The highest BCUT2D eigenvalue weighted by atomic mass is 16.5. The van der Waals surface area contributed by atoms with E-state index < -0.39 is 17.3 Å². The van der Waals surface area contributed by atoms with E-state index in [4.69, 9.17) is 9.47 Å². The summed E-state index contributed by atoms with van der Waals surface area (Å²) in [6, 6.07) is 4.67.